The number of nitrogens with zero attached hydrogens (tertiary/aromatic N) is 1. The molecule has 0 saturated heterocycles. The van der Waals surface area contributed by atoms with Gasteiger partial charge in [-0.3, -0.25) is 0 Å². The Balaban J connectivity index is 3.00. The third kappa shape index (κ3) is 1.40. The first-order valence-corrected chi connectivity index (χ1v) is 4.57. The molecule has 0 bridgehead atoms. The van der Waals surface area contributed by atoms with Gasteiger partial charge in [-0.25, -0.2) is 4.79 Å². The topological polar surface area (TPSA) is 54.0 Å². The molecule has 0 amide bonds. The number of benzene rings is 1. The molecule has 0 atom stereocenters. The molecule has 3 heteroatoms. The Labute approximate surface area is 86.6 Å². The van der Waals surface area contributed by atoms with Crippen LogP contribution in [0, 0.1) is 25.2 Å². The first-order chi connectivity index (χ1) is 7.13. The zero-order valence-corrected chi connectivity index (χ0v) is 8.50. The zero-order chi connectivity index (χ0) is 11.0. The van der Waals surface area contributed by atoms with E-state index >= 15 is 0 Å². The summed E-state index contributed by atoms with van der Waals surface area (Å²) in [5.74, 6) is 0. The molecule has 3 nitrogen and oxygen atoms in total. The van der Waals surface area contributed by atoms with Crippen molar-refractivity contribution in [3.05, 3.63) is 45.3 Å². The molecule has 1 aromatic heterocycles. The van der Waals surface area contributed by atoms with Crippen LogP contribution in [0.2, 0.25) is 0 Å². The summed E-state index contributed by atoms with van der Waals surface area (Å²) in [6.07, 6.45) is 0. The Hall–Kier alpha value is -2.08. The van der Waals surface area contributed by atoms with Gasteiger partial charge < -0.3 is 4.42 Å². The van der Waals surface area contributed by atoms with E-state index < -0.39 is 5.63 Å². The number of nitriles is 1. The molecule has 2 rings (SSSR count). The van der Waals surface area contributed by atoms with Gasteiger partial charge in [-0.1, -0.05) is 11.6 Å². The minimum atomic E-state index is -0.564. The Kier molecular flexibility index (Phi) is 2.05. The summed E-state index contributed by atoms with van der Waals surface area (Å²) in [5, 5.41) is 9.64. The molecule has 0 aliphatic heterocycles. The molecule has 74 valence electrons. The van der Waals surface area contributed by atoms with Crippen molar-refractivity contribution >= 4 is 11.0 Å². The van der Waals surface area contributed by atoms with E-state index in [1.807, 2.05) is 25.1 Å². The summed E-state index contributed by atoms with van der Waals surface area (Å²) >= 11 is 0. The Morgan fingerprint density at radius 2 is 2.07 bits per heavy atom. The number of aryl methyl sites for hydroxylation is 2. The molecule has 15 heavy (non-hydrogen) atoms. The highest BCUT2D eigenvalue weighted by Gasteiger charge is 2.10. The number of fused-ring (bicyclic) bond motifs is 1. The van der Waals surface area contributed by atoms with E-state index in [0.29, 0.717) is 11.1 Å². The third-order valence-corrected chi connectivity index (χ3v) is 2.43. The average Bonchev–Trinajstić information content (AvgIpc) is 2.20. The van der Waals surface area contributed by atoms with Gasteiger partial charge in [0.1, 0.15) is 17.2 Å². The molecule has 0 radical (unpaired) electrons. The molecule has 0 unspecified atom stereocenters. The standard InChI is InChI=1S/C12H9NO2/c1-7-3-4-11-9(5-7)8(2)10(6-13)12(14)15-11/h3-5H,1-2H3. The monoisotopic (exact) mass is 199 g/mol. The van der Waals surface area contributed by atoms with Gasteiger partial charge in [-0.15, -0.1) is 0 Å². The quantitative estimate of drug-likeness (QED) is 0.611. The van der Waals surface area contributed by atoms with E-state index in [4.69, 9.17) is 9.68 Å². The van der Waals surface area contributed by atoms with Gasteiger partial charge in [-0.2, -0.15) is 5.26 Å². The van der Waals surface area contributed by atoms with Crippen molar-refractivity contribution in [1.29, 1.82) is 5.26 Å². The maximum Gasteiger partial charge on any atom is 0.354 e. The molecular weight excluding hydrogens is 190 g/mol. The molecule has 0 spiro atoms. The predicted octanol–water partition coefficient (Wildman–Crippen LogP) is 2.28. The van der Waals surface area contributed by atoms with Crippen molar-refractivity contribution < 1.29 is 4.42 Å². The van der Waals surface area contributed by atoms with Crippen LogP contribution in [-0.2, 0) is 0 Å². The van der Waals surface area contributed by atoms with Gasteiger partial charge in [0, 0.05) is 5.39 Å². The van der Waals surface area contributed by atoms with Crippen LogP contribution in [0.25, 0.3) is 11.0 Å². The van der Waals surface area contributed by atoms with Gasteiger partial charge >= 0.3 is 5.63 Å². The summed E-state index contributed by atoms with van der Waals surface area (Å²) < 4.78 is 5.04. The fraction of sp³-hybridized carbons (Fsp3) is 0.167. The minimum absolute atomic E-state index is 0.0908. The molecule has 0 aliphatic rings. The van der Waals surface area contributed by atoms with Crippen LogP contribution in [0.5, 0.6) is 0 Å². The van der Waals surface area contributed by atoms with Gasteiger partial charge in [0.05, 0.1) is 0 Å². The van der Waals surface area contributed by atoms with E-state index in [1.54, 1.807) is 13.0 Å². The molecule has 0 N–H and O–H groups in total. The van der Waals surface area contributed by atoms with Crippen LogP contribution in [0.1, 0.15) is 16.7 Å². The van der Waals surface area contributed by atoms with Crippen molar-refractivity contribution in [2.75, 3.05) is 0 Å². The Morgan fingerprint density at radius 1 is 1.33 bits per heavy atom. The molecule has 1 heterocycles. The number of hydrogen-bond acceptors (Lipinski definition) is 3. The van der Waals surface area contributed by atoms with Crippen LogP contribution < -0.4 is 5.63 Å². The van der Waals surface area contributed by atoms with Gasteiger partial charge in [0.25, 0.3) is 0 Å². The zero-order valence-electron chi connectivity index (χ0n) is 8.50. The highest BCUT2D eigenvalue weighted by atomic mass is 16.4. The second-order valence-corrected chi connectivity index (χ2v) is 3.50. The van der Waals surface area contributed by atoms with Crippen molar-refractivity contribution in [3.8, 4) is 6.07 Å². The Bertz CT molecular complexity index is 632. The lowest BCUT2D eigenvalue weighted by Crippen LogP contribution is -2.06. The van der Waals surface area contributed by atoms with E-state index in [0.717, 1.165) is 10.9 Å². The summed E-state index contributed by atoms with van der Waals surface area (Å²) in [6.45, 7) is 3.72. The highest BCUT2D eigenvalue weighted by Crippen LogP contribution is 2.19. The predicted molar refractivity (Wildman–Crippen MR) is 56.7 cm³/mol. The fourth-order valence-electron chi connectivity index (χ4n) is 1.59. The second kappa shape index (κ2) is 3.25. The van der Waals surface area contributed by atoms with Crippen LogP contribution >= 0.6 is 0 Å². The lowest BCUT2D eigenvalue weighted by molar-refractivity contribution is 0.557. The van der Waals surface area contributed by atoms with E-state index in [-0.39, 0.29) is 5.56 Å². The van der Waals surface area contributed by atoms with Crippen LogP contribution in [0.15, 0.2) is 27.4 Å². The number of hydrogen-bond donors (Lipinski definition) is 0. The van der Waals surface area contributed by atoms with E-state index in [2.05, 4.69) is 0 Å². The normalized spacial score (nSPS) is 10.2. The summed E-state index contributed by atoms with van der Waals surface area (Å²) in [7, 11) is 0. The second-order valence-electron chi connectivity index (χ2n) is 3.50. The highest BCUT2D eigenvalue weighted by molar-refractivity contribution is 5.82. The van der Waals surface area contributed by atoms with Crippen molar-refractivity contribution in [2.24, 2.45) is 0 Å². The van der Waals surface area contributed by atoms with Gasteiger partial charge in [-0.05, 0) is 31.5 Å². The molecule has 0 fully saturated rings. The first-order valence-electron chi connectivity index (χ1n) is 4.57. The average molecular weight is 199 g/mol. The number of rotatable bonds is 0. The molecule has 0 saturated carbocycles. The van der Waals surface area contributed by atoms with E-state index in [1.165, 1.54) is 0 Å². The SMILES string of the molecule is Cc1ccc2oc(=O)c(C#N)c(C)c2c1. The van der Waals surface area contributed by atoms with Gasteiger partial charge in [0.2, 0.25) is 0 Å². The minimum Gasteiger partial charge on any atom is -0.422 e. The lowest BCUT2D eigenvalue weighted by Gasteiger charge is -2.02. The smallest absolute Gasteiger partial charge is 0.354 e. The van der Waals surface area contributed by atoms with E-state index in [9.17, 15) is 4.79 Å². The largest absolute Gasteiger partial charge is 0.422 e. The van der Waals surface area contributed by atoms with Crippen LogP contribution in [-0.4, -0.2) is 0 Å². The first kappa shape index (κ1) is 9.47. The molecule has 0 aliphatic carbocycles. The van der Waals surface area contributed by atoms with Crippen molar-refractivity contribution in [2.45, 2.75) is 13.8 Å². The van der Waals surface area contributed by atoms with Gasteiger partial charge in [0.15, 0.2) is 0 Å². The Morgan fingerprint density at radius 3 is 2.73 bits per heavy atom. The summed E-state index contributed by atoms with van der Waals surface area (Å²) in [5.41, 5.74) is 1.82. The van der Waals surface area contributed by atoms with Crippen LogP contribution in [0.3, 0.4) is 0 Å². The molecular formula is C12H9NO2. The van der Waals surface area contributed by atoms with Crippen LogP contribution in [0.4, 0.5) is 0 Å². The fourth-order valence-corrected chi connectivity index (χ4v) is 1.59. The molecule has 2 aromatic rings. The van der Waals surface area contributed by atoms with Crippen molar-refractivity contribution in [3.63, 3.8) is 0 Å². The van der Waals surface area contributed by atoms with Crippen molar-refractivity contribution in [1.82, 2.24) is 0 Å². The maximum atomic E-state index is 11.4. The maximum absolute atomic E-state index is 11.4. The lowest BCUT2D eigenvalue weighted by atomic mass is 10.1. The summed E-state index contributed by atoms with van der Waals surface area (Å²) in [6, 6.07) is 7.40. The molecule has 1 aromatic carbocycles. The third-order valence-electron chi connectivity index (χ3n) is 2.43. The summed E-state index contributed by atoms with van der Waals surface area (Å²) in [4.78, 5) is 11.4.